The molecular weight excluding hydrogens is 219 g/mol. The van der Waals surface area contributed by atoms with Crippen LogP contribution in [-0.2, 0) is 0 Å². The van der Waals surface area contributed by atoms with Gasteiger partial charge in [-0.25, -0.2) is 4.39 Å². The highest BCUT2D eigenvalue weighted by molar-refractivity contribution is 6.30. The molecule has 0 aliphatic carbocycles. The predicted octanol–water partition coefficient (Wildman–Crippen LogP) is 3.15. The average molecular weight is 227 g/mol. The summed E-state index contributed by atoms with van der Waals surface area (Å²) in [7, 11) is 0. The highest BCUT2D eigenvalue weighted by atomic mass is 35.5. The van der Waals surface area contributed by atoms with Gasteiger partial charge in [0.15, 0.2) is 0 Å². The minimum absolute atomic E-state index is 0.0399. The molecule has 0 radical (unpaired) electrons. The Kier molecular flexibility index (Phi) is 2.75. The quantitative estimate of drug-likeness (QED) is 0.853. The third kappa shape index (κ3) is 2.03. The maximum atomic E-state index is 13.1. The van der Waals surface area contributed by atoms with Crippen molar-refractivity contribution in [3.8, 4) is 0 Å². The molecule has 0 spiro atoms. The second-order valence-corrected chi connectivity index (χ2v) is 3.54. The minimum atomic E-state index is -0.893. The summed E-state index contributed by atoms with van der Waals surface area (Å²) in [4.78, 5) is 0. The van der Waals surface area contributed by atoms with Crippen molar-refractivity contribution >= 4 is 11.6 Å². The molecule has 1 aromatic heterocycles. The van der Waals surface area contributed by atoms with Gasteiger partial charge >= 0.3 is 0 Å². The van der Waals surface area contributed by atoms with Crippen molar-refractivity contribution in [1.29, 1.82) is 0 Å². The molecule has 0 bridgehead atoms. The monoisotopic (exact) mass is 226 g/mol. The van der Waals surface area contributed by atoms with Crippen molar-refractivity contribution in [2.75, 3.05) is 0 Å². The lowest BCUT2D eigenvalue weighted by molar-refractivity contribution is 0.219. The number of aliphatic hydroxyl groups is 1. The lowest BCUT2D eigenvalue weighted by Crippen LogP contribution is -1.98. The average Bonchev–Trinajstić information content (AvgIpc) is 2.74. The molecular formula is C11H8ClFO2. The molecule has 0 unspecified atom stereocenters. The van der Waals surface area contributed by atoms with E-state index in [0.717, 1.165) is 0 Å². The van der Waals surface area contributed by atoms with Gasteiger partial charge in [0.2, 0.25) is 0 Å². The number of aliphatic hydroxyl groups excluding tert-OH is 1. The van der Waals surface area contributed by atoms with Crippen molar-refractivity contribution in [3.63, 3.8) is 0 Å². The Labute approximate surface area is 90.9 Å². The van der Waals surface area contributed by atoms with Crippen LogP contribution < -0.4 is 0 Å². The molecule has 1 atom stereocenters. The van der Waals surface area contributed by atoms with Gasteiger partial charge in [0, 0.05) is 5.56 Å². The summed E-state index contributed by atoms with van der Waals surface area (Å²) in [5, 5.41) is 9.87. The number of halogens is 2. The van der Waals surface area contributed by atoms with Crippen LogP contribution in [0.15, 0.2) is 41.2 Å². The Bertz CT molecular complexity index is 454. The smallest absolute Gasteiger partial charge is 0.142 e. The third-order valence-electron chi connectivity index (χ3n) is 2.12. The van der Waals surface area contributed by atoms with Gasteiger partial charge in [-0.15, -0.1) is 0 Å². The molecule has 1 N–H and O–H groups in total. The molecule has 1 heterocycles. The van der Waals surface area contributed by atoms with E-state index in [1.807, 2.05) is 0 Å². The van der Waals surface area contributed by atoms with Gasteiger partial charge in [0.05, 0.1) is 17.5 Å². The summed E-state index contributed by atoms with van der Waals surface area (Å²) in [6.07, 6.45) is 1.97. The fourth-order valence-corrected chi connectivity index (χ4v) is 1.42. The topological polar surface area (TPSA) is 33.4 Å². The van der Waals surface area contributed by atoms with Crippen LogP contribution in [0.2, 0.25) is 5.02 Å². The fourth-order valence-electron chi connectivity index (χ4n) is 1.31. The zero-order valence-electron chi connectivity index (χ0n) is 7.65. The molecule has 0 saturated carbocycles. The van der Waals surface area contributed by atoms with E-state index >= 15 is 0 Å². The number of rotatable bonds is 2. The van der Waals surface area contributed by atoms with Crippen molar-refractivity contribution in [3.05, 3.63) is 58.8 Å². The molecule has 0 amide bonds. The molecule has 0 fully saturated rings. The van der Waals surface area contributed by atoms with E-state index in [2.05, 4.69) is 0 Å². The molecule has 2 aromatic rings. The lowest BCUT2D eigenvalue weighted by Gasteiger charge is -2.08. The van der Waals surface area contributed by atoms with E-state index in [1.54, 1.807) is 12.1 Å². The van der Waals surface area contributed by atoms with Gasteiger partial charge in [-0.05, 0) is 23.8 Å². The summed E-state index contributed by atoms with van der Waals surface area (Å²) in [6, 6.07) is 5.82. The molecule has 4 heteroatoms. The number of hydrogen-bond acceptors (Lipinski definition) is 2. The van der Waals surface area contributed by atoms with Crippen LogP contribution in [0.25, 0.3) is 0 Å². The van der Waals surface area contributed by atoms with E-state index < -0.39 is 11.9 Å². The molecule has 0 aliphatic rings. The molecule has 2 nitrogen and oxygen atoms in total. The zero-order chi connectivity index (χ0) is 10.8. The summed E-state index contributed by atoms with van der Waals surface area (Å²) < 4.78 is 17.9. The Morgan fingerprint density at radius 3 is 2.67 bits per heavy atom. The summed E-state index contributed by atoms with van der Waals surface area (Å²) in [5.74, 6) is -0.545. The maximum Gasteiger partial charge on any atom is 0.142 e. The predicted molar refractivity (Wildman–Crippen MR) is 54.2 cm³/mol. The zero-order valence-corrected chi connectivity index (χ0v) is 8.41. The van der Waals surface area contributed by atoms with Crippen molar-refractivity contribution < 1.29 is 13.9 Å². The van der Waals surface area contributed by atoms with Crippen LogP contribution >= 0.6 is 11.6 Å². The van der Waals surface area contributed by atoms with Gasteiger partial charge in [-0.3, -0.25) is 0 Å². The number of hydrogen-bond donors (Lipinski definition) is 1. The molecule has 0 aliphatic heterocycles. The van der Waals surface area contributed by atoms with Crippen molar-refractivity contribution in [1.82, 2.24) is 0 Å². The summed E-state index contributed by atoms with van der Waals surface area (Å²) in [5.41, 5.74) is 1.02. The first-order valence-electron chi connectivity index (χ1n) is 4.33. The van der Waals surface area contributed by atoms with Crippen LogP contribution in [0.4, 0.5) is 4.39 Å². The normalized spacial score (nSPS) is 12.7. The van der Waals surface area contributed by atoms with Gasteiger partial charge in [0.1, 0.15) is 11.9 Å². The van der Waals surface area contributed by atoms with E-state index in [1.165, 1.54) is 24.7 Å². The molecule has 1 aromatic carbocycles. The fraction of sp³-hybridized carbons (Fsp3) is 0.0909. The second-order valence-electron chi connectivity index (χ2n) is 3.13. The minimum Gasteiger partial charge on any atom is -0.472 e. The molecule has 0 saturated heterocycles. The first kappa shape index (κ1) is 10.2. The molecule has 15 heavy (non-hydrogen) atoms. The summed E-state index contributed by atoms with van der Waals surface area (Å²) >= 11 is 5.54. The standard InChI is InChI=1S/C11H8ClFO2/c12-9-2-1-7(5-10(9)13)11(14)8-3-4-15-6-8/h1-6,11,14H/t11-/m1/s1. The number of benzene rings is 1. The lowest BCUT2D eigenvalue weighted by atomic mass is 10.0. The Morgan fingerprint density at radius 2 is 2.07 bits per heavy atom. The van der Waals surface area contributed by atoms with Gasteiger partial charge < -0.3 is 9.52 Å². The van der Waals surface area contributed by atoms with E-state index in [0.29, 0.717) is 11.1 Å². The van der Waals surface area contributed by atoms with Gasteiger partial charge in [-0.1, -0.05) is 17.7 Å². The SMILES string of the molecule is O[C@@H](c1ccoc1)c1ccc(Cl)c(F)c1. The van der Waals surface area contributed by atoms with Crippen LogP contribution in [0.1, 0.15) is 17.2 Å². The highest BCUT2D eigenvalue weighted by Gasteiger charge is 2.13. The Hall–Kier alpha value is -1.32. The largest absolute Gasteiger partial charge is 0.472 e. The van der Waals surface area contributed by atoms with Crippen LogP contribution in [0.3, 0.4) is 0 Å². The van der Waals surface area contributed by atoms with Crippen LogP contribution in [0.5, 0.6) is 0 Å². The Balaban J connectivity index is 2.34. The summed E-state index contributed by atoms with van der Waals surface area (Å²) in [6.45, 7) is 0. The van der Waals surface area contributed by atoms with E-state index in [-0.39, 0.29) is 5.02 Å². The third-order valence-corrected chi connectivity index (χ3v) is 2.42. The van der Waals surface area contributed by atoms with Crippen LogP contribution in [0, 0.1) is 5.82 Å². The Morgan fingerprint density at radius 1 is 1.27 bits per heavy atom. The van der Waals surface area contributed by atoms with Gasteiger partial charge in [0.25, 0.3) is 0 Å². The van der Waals surface area contributed by atoms with Gasteiger partial charge in [-0.2, -0.15) is 0 Å². The number of furan rings is 1. The van der Waals surface area contributed by atoms with E-state index in [9.17, 15) is 9.50 Å². The maximum absolute atomic E-state index is 13.1. The highest BCUT2D eigenvalue weighted by Crippen LogP contribution is 2.25. The van der Waals surface area contributed by atoms with Crippen LogP contribution in [-0.4, -0.2) is 5.11 Å². The first-order chi connectivity index (χ1) is 7.18. The molecule has 78 valence electrons. The van der Waals surface area contributed by atoms with Crippen molar-refractivity contribution in [2.45, 2.75) is 6.10 Å². The second kappa shape index (κ2) is 4.04. The molecule has 2 rings (SSSR count). The van der Waals surface area contributed by atoms with E-state index in [4.69, 9.17) is 16.0 Å². The first-order valence-corrected chi connectivity index (χ1v) is 4.71. The van der Waals surface area contributed by atoms with Crippen molar-refractivity contribution in [2.24, 2.45) is 0 Å².